The molecule has 8 heteroatoms. The maximum absolute atomic E-state index is 13.9. The minimum Gasteiger partial charge on any atom is -0.348 e. The largest absolute Gasteiger partial charge is 0.348 e. The zero-order valence-corrected chi connectivity index (χ0v) is 14.8. The Kier molecular flexibility index (Phi) is 6.18. The number of rotatable bonds is 4. The molecule has 1 aliphatic rings. The number of nitrogens with one attached hydrogen (secondary N) is 1. The van der Waals surface area contributed by atoms with Gasteiger partial charge < -0.3 is 11.1 Å². The number of halogens is 2. The molecule has 1 unspecified atom stereocenters. The van der Waals surface area contributed by atoms with Crippen LogP contribution in [0.4, 0.5) is 4.39 Å². The van der Waals surface area contributed by atoms with Crippen LogP contribution in [0.5, 0.6) is 0 Å². The van der Waals surface area contributed by atoms with Gasteiger partial charge in [0.2, 0.25) is 5.91 Å². The van der Waals surface area contributed by atoms with Crippen molar-refractivity contribution in [2.24, 2.45) is 5.73 Å². The fourth-order valence-corrected chi connectivity index (χ4v) is 3.47. The third-order valence-electron chi connectivity index (χ3n) is 4.15. The lowest BCUT2D eigenvalue weighted by Crippen LogP contribution is -2.52. The van der Waals surface area contributed by atoms with Gasteiger partial charge in [-0.3, -0.25) is 4.79 Å². The molecule has 1 amide bonds. The second-order valence-corrected chi connectivity index (χ2v) is 8.00. The number of carbonyl (C=O) groups excluding carboxylic acids is 1. The summed E-state index contributed by atoms with van der Waals surface area (Å²) in [6, 6.07) is 3.41. The lowest BCUT2D eigenvalue weighted by atomic mass is 9.97. The number of amides is 1. The number of carbonyl (C=O) groups is 1. The standard InChI is InChI=1S/C15H21FN2O3S.ClH/c1-10(18-14(19)15(17)7-3-4-8-15)11-5-6-13(12(16)9-11)22(2,20)21;/h5-6,9-10H,3-4,7-8,17H2,1-2H3,(H,18,19);1H. The van der Waals surface area contributed by atoms with E-state index >= 15 is 0 Å². The van der Waals surface area contributed by atoms with Gasteiger partial charge >= 0.3 is 0 Å². The minimum atomic E-state index is -3.60. The van der Waals surface area contributed by atoms with E-state index in [1.165, 1.54) is 12.1 Å². The Morgan fingerprint density at radius 1 is 1.35 bits per heavy atom. The van der Waals surface area contributed by atoms with Crippen LogP contribution >= 0.6 is 12.4 Å². The number of hydrogen-bond acceptors (Lipinski definition) is 4. The molecular weight excluding hydrogens is 343 g/mol. The van der Waals surface area contributed by atoms with Crippen molar-refractivity contribution in [3.63, 3.8) is 0 Å². The van der Waals surface area contributed by atoms with Crippen molar-refractivity contribution < 1.29 is 17.6 Å². The van der Waals surface area contributed by atoms with Gasteiger partial charge in [0.15, 0.2) is 9.84 Å². The first-order valence-electron chi connectivity index (χ1n) is 7.23. The predicted molar refractivity (Wildman–Crippen MR) is 88.7 cm³/mol. The Bertz CT molecular complexity index is 688. The third-order valence-corrected chi connectivity index (χ3v) is 5.28. The average molecular weight is 365 g/mol. The van der Waals surface area contributed by atoms with Gasteiger partial charge in [0.1, 0.15) is 10.7 Å². The van der Waals surface area contributed by atoms with E-state index in [2.05, 4.69) is 5.32 Å². The van der Waals surface area contributed by atoms with Crippen LogP contribution in [0.1, 0.15) is 44.2 Å². The van der Waals surface area contributed by atoms with Gasteiger partial charge in [-0.2, -0.15) is 0 Å². The zero-order chi connectivity index (χ0) is 16.5. The molecule has 0 bridgehead atoms. The number of hydrogen-bond donors (Lipinski definition) is 2. The maximum Gasteiger partial charge on any atom is 0.240 e. The molecule has 0 heterocycles. The van der Waals surface area contributed by atoms with Crippen molar-refractivity contribution in [3.05, 3.63) is 29.6 Å². The molecule has 0 spiro atoms. The molecule has 0 radical (unpaired) electrons. The molecule has 0 saturated heterocycles. The van der Waals surface area contributed by atoms with E-state index in [4.69, 9.17) is 5.73 Å². The lowest BCUT2D eigenvalue weighted by molar-refractivity contribution is -0.126. The van der Waals surface area contributed by atoms with Crippen LogP contribution in [0.2, 0.25) is 0 Å². The van der Waals surface area contributed by atoms with Crippen LogP contribution in [0, 0.1) is 5.82 Å². The van der Waals surface area contributed by atoms with Crippen molar-refractivity contribution in [2.45, 2.75) is 49.1 Å². The highest BCUT2D eigenvalue weighted by Crippen LogP contribution is 2.28. The molecule has 3 N–H and O–H groups in total. The van der Waals surface area contributed by atoms with E-state index in [0.29, 0.717) is 18.4 Å². The molecule has 23 heavy (non-hydrogen) atoms. The molecule has 130 valence electrons. The van der Waals surface area contributed by atoms with Gasteiger partial charge in [0.25, 0.3) is 0 Å². The summed E-state index contributed by atoms with van der Waals surface area (Å²) in [5, 5.41) is 2.78. The average Bonchev–Trinajstić information content (AvgIpc) is 2.85. The number of sulfone groups is 1. The maximum atomic E-state index is 13.9. The Morgan fingerprint density at radius 2 is 1.91 bits per heavy atom. The molecule has 0 aromatic heterocycles. The van der Waals surface area contributed by atoms with Gasteiger partial charge in [0, 0.05) is 6.26 Å². The van der Waals surface area contributed by atoms with Gasteiger partial charge in [-0.05, 0) is 37.5 Å². The topological polar surface area (TPSA) is 89.3 Å². The second-order valence-electron chi connectivity index (χ2n) is 6.02. The summed E-state index contributed by atoms with van der Waals surface area (Å²) >= 11 is 0. The van der Waals surface area contributed by atoms with Crippen molar-refractivity contribution in [1.82, 2.24) is 5.32 Å². The van der Waals surface area contributed by atoms with Crippen LogP contribution in [0.3, 0.4) is 0 Å². The molecule has 0 aliphatic heterocycles. The number of nitrogens with two attached hydrogens (primary N) is 1. The van der Waals surface area contributed by atoms with E-state index in [-0.39, 0.29) is 23.2 Å². The molecule has 1 aliphatic carbocycles. The van der Waals surface area contributed by atoms with Gasteiger partial charge in [0.05, 0.1) is 11.6 Å². The SMILES string of the molecule is CC(NC(=O)C1(N)CCCC1)c1ccc(S(C)(=O)=O)c(F)c1.Cl. The Hall–Kier alpha value is -1.18. The minimum absolute atomic E-state index is 0. The lowest BCUT2D eigenvalue weighted by Gasteiger charge is -2.25. The number of benzene rings is 1. The zero-order valence-electron chi connectivity index (χ0n) is 13.1. The van der Waals surface area contributed by atoms with Crippen LogP contribution in [0.15, 0.2) is 23.1 Å². The van der Waals surface area contributed by atoms with Crippen molar-refractivity contribution in [2.75, 3.05) is 6.26 Å². The first-order chi connectivity index (χ1) is 10.1. The molecule has 1 fully saturated rings. The molecule has 5 nitrogen and oxygen atoms in total. The van der Waals surface area contributed by atoms with E-state index in [0.717, 1.165) is 25.2 Å². The molecule has 1 atom stereocenters. The molecule has 1 aromatic rings. The van der Waals surface area contributed by atoms with Crippen LogP contribution in [0.25, 0.3) is 0 Å². The molecule has 1 saturated carbocycles. The van der Waals surface area contributed by atoms with Crippen molar-refractivity contribution in [1.29, 1.82) is 0 Å². The Morgan fingerprint density at radius 3 is 2.39 bits per heavy atom. The van der Waals surface area contributed by atoms with Gasteiger partial charge in [-0.25, -0.2) is 12.8 Å². The van der Waals surface area contributed by atoms with Gasteiger partial charge in [-0.15, -0.1) is 12.4 Å². The van der Waals surface area contributed by atoms with Crippen molar-refractivity contribution in [3.8, 4) is 0 Å². The van der Waals surface area contributed by atoms with E-state index in [9.17, 15) is 17.6 Å². The molecule has 2 rings (SSSR count). The smallest absolute Gasteiger partial charge is 0.240 e. The van der Waals surface area contributed by atoms with Gasteiger partial charge in [-0.1, -0.05) is 18.9 Å². The quantitative estimate of drug-likeness (QED) is 0.856. The summed E-state index contributed by atoms with van der Waals surface area (Å²) in [6.07, 6.45) is 4.10. The summed E-state index contributed by atoms with van der Waals surface area (Å²) in [5.41, 5.74) is 5.73. The summed E-state index contributed by atoms with van der Waals surface area (Å²) in [5.74, 6) is -1.06. The highest BCUT2D eigenvalue weighted by atomic mass is 35.5. The highest BCUT2D eigenvalue weighted by Gasteiger charge is 2.37. The summed E-state index contributed by atoms with van der Waals surface area (Å²) < 4.78 is 36.7. The monoisotopic (exact) mass is 364 g/mol. The summed E-state index contributed by atoms with van der Waals surface area (Å²) in [6.45, 7) is 1.71. The van der Waals surface area contributed by atoms with E-state index < -0.39 is 27.2 Å². The Labute approximate surface area is 142 Å². The fourth-order valence-electron chi connectivity index (χ4n) is 2.74. The van der Waals surface area contributed by atoms with E-state index in [1.807, 2.05) is 0 Å². The highest BCUT2D eigenvalue weighted by molar-refractivity contribution is 7.90. The van der Waals surface area contributed by atoms with E-state index in [1.54, 1.807) is 6.92 Å². The summed E-state index contributed by atoms with van der Waals surface area (Å²) in [7, 11) is -3.60. The summed E-state index contributed by atoms with van der Waals surface area (Å²) in [4.78, 5) is 11.9. The second kappa shape index (κ2) is 7.15. The normalized spacial score (nSPS) is 18.1. The predicted octanol–water partition coefficient (Wildman–Crippen LogP) is 2.10. The van der Waals surface area contributed by atoms with Crippen LogP contribution < -0.4 is 11.1 Å². The third kappa shape index (κ3) is 4.43. The molecular formula is C15H22ClFN2O3S. The fraction of sp³-hybridized carbons (Fsp3) is 0.533. The van der Waals surface area contributed by atoms with Crippen molar-refractivity contribution >= 4 is 28.2 Å². The first kappa shape index (κ1) is 19.9. The first-order valence-corrected chi connectivity index (χ1v) is 9.12. The molecule has 1 aromatic carbocycles. The van der Waals surface area contributed by atoms with Crippen LogP contribution in [-0.2, 0) is 14.6 Å². The van der Waals surface area contributed by atoms with Crippen LogP contribution in [-0.4, -0.2) is 26.1 Å². The Balaban J connectivity index is 0.00000264.